The monoisotopic (exact) mass is 476 g/mol. The molecule has 1 amide bonds. The molecule has 3 aromatic rings. The van der Waals surface area contributed by atoms with E-state index in [-0.39, 0.29) is 12.7 Å². The summed E-state index contributed by atoms with van der Waals surface area (Å²) in [7, 11) is 0. The number of hydrogen-bond donors (Lipinski definition) is 1. The largest absolute Gasteiger partial charge is 0.454 e. The average Bonchev–Trinajstić information content (AvgIpc) is 3.55. The normalized spacial score (nSPS) is 14.5. The van der Waals surface area contributed by atoms with Gasteiger partial charge < -0.3 is 19.7 Å². The number of anilines is 1. The van der Waals surface area contributed by atoms with Gasteiger partial charge in [0.2, 0.25) is 6.79 Å². The van der Waals surface area contributed by atoms with E-state index < -0.39 is 0 Å². The molecule has 3 heterocycles. The molecule has 0 atom stereocenters. The maximum absolute atomic E-state index is 12.7. The van der Waals surface area contributed by atoms with Crippen molar-refractivity contribution < 1.29 is 14.3 Å². The molecule has 0 saturated carbocycles. The maximum atomic E-state index is 12.7. The first-order valence-corrected chi connectivity index (χ1v) is 12.5. The molecule has 1 saturated heterocycles. The average molecular weight is 477 g/mol. The van der Waals surface area contributed by atoms with Crippen LogP contribution in [-0.4, -0.2) is 35.8 Å². The van der Waals surface area contributed by atoms with Gasteiger partial charge >= 0.3 is 0 Å². The number of fused-ring (bicyclic) bond motifs is 1. The molecule has 2 aliphatic rings. The van der Waals surface area contributed by atoms with Crippen LogP contribution in [-0.2, 0) is 12.3 Å². The molecule has 0 spiro atoms. The molecule has 2 aliphatic heterocycles. The Balaban J connectivity index is 1.21. The summed E-state index contributed by atoms with van der Waals surface area (Å²) in [4.78, 5) is 24.7. The number of nitrogens with one attached hydrogen (secondary N) is 1. The van der Waals surface area contributed by atoms with Crippen LogP contribution in [0.1, 0.15) is 45.6 Å². The summed E-state index contributed by atoms with van der Waals surface area (Å²) >= 11 is 1.60. The van der Waals surface area contributed by atoms with Gasteiger partial charge in [0.05, 0.1) is 0 Å². The zero-order valence-corrected chi connectivity index (χ0v) is 20.3. The molecule has 1 N–H and O–H groups in total. The van der Waals surface area contributed by atoms with Crippen LogP contribution >= 0.6 is 11.8 Å². The second kappa shape index (κ2) is 9.93. The van der Waals surface area contributed by atoms with Crippen LogP contribution in [0.2, 0.25) is 0 Å². The van der Waals surface area contributed by atoms with Crippen molar-refractivity contribution in [3.63, 3.8) is 0 Å². The molecular formula is C26H28N4O3S. The van der Waals surface area contributed by atoms with E-state index in [4.69, 9.17) is 19.4 Å². The first-order valence-electron chi connectivity index (χ1n) is 11.6. The number of carbonyl (C=O) groups is 1. The SMILES string of the molecule is Cc1nc(SCc2cccc(C(=O)NCc3ccc4c(c3)OCO4)c2)nc(N2CCCC2)c1C. The Morgan fingerprint density at radius 1 is 1.03 bits per heavy atom. The van der Waals surface area contributed by atoms with Gasteiger partial charge in [-0.25, -0.2) is 9.97 Å². The molecule has 5 rings (SSSR count). The van der Waals surface area contributed by atoms with Crippen molar-refractivity contribution in [1.29, 1.82) is 0 Å². The van der Waals surface area contributed by atoms with Crippen molar-refractivity contribution in [2.75, 3.05) is 24.8 Å². The van der Waals surface area contributed by atoms with Gasteiger partial charge in [0.1, 0.15) is 5.82 Å². The Bertz CT molecular complexity index is 1210. The quantitative estimate of drug-likeness (QED) is 0.393. The second-order valence-electron chi connectivity index (χ2n) is 8.59. The second-order valence-corrected chi connectivity index (χ2v) is 9.54. The minimum atomic E-state index is -0.108. The lowest BCUT2D eigenvalue weighted by atomic mass is 10.1. The molecule has 7 nitrogen and oxygen atoms in total. The van der Waals surface area contributed by atoms with Crippen LogP contribution in [0.5, 0.6) is 11.5 Å². The maximum Gasteiger partial charge on any atom is 0.251 e. The number of nitrogens with zero attached hydrogens (tertiary/aromatic N) is 3. The zero-order chi connectivity index (χ0) is 23.5. The van der Waals surface area contributed by atoms with Crippen LogP contribution in [0.25, 0.3) is 0 Å². The van der Waals surface area contributed by atoms with E-state index in [9.17, 15) is 4.79 Å². The van der Waals surface area contributed by atoms with Crippen molar-refractivity contribution in [3.05, 3.63) is 70.4 Å². The number of aromatic nitrogens is 2. The van der Waals surface area contributed by atoms with E-state index in [1.165, 1.54) is 12.8 Å². The van der Waals surface area contributed by atoms with Crippen molar-refractivity contribution in [3.8, 4) is 11.5 Å². The number of thioether (sulfide) groups is 1. The number of hydrogen-bond acceptors (Lipinski definition) is 7. The molecule has 0 radical (unpaired) electrons. The van der Waals surface area contributed by atoms with Gasteiger partial charge in [-0.05, 0) is 62.1 Å². The fourth-order valence-corrected chi connectivity index (χ4v) is 5.00. The Morgan fingerprint density at radius 3 is 2.71 bits per heavy atom. The predicted molar refractivity (Wildman–Crippen MR) is 133 cm³/mol. The highest BCUT2D eigenvalue weighted by atomic mass is 32.2. The van der Waals surface area contributed by atoms with Crippen molar-refractivity contribution in [2.45, 2.75) is 44.1 Å². The Kier molecular flexibility index (Phi) is 6.58. The summed E-state index contributed by atoms with van der Waals surface area (Å²) < 4.78 is 10.7. The van der Waals surface area contributed by atoms with Gasteiger partial charge in [0.25, 0.3) is 5.91 Å². The van der Waals surface area contributed by atoms with E-state index in [0.717, 1.165) is 52.2 Å². The zero-order valence-electron chi connectivity index (χ0n) is 19.5. The molecule has 1 aromatic heterocycles. The van der Waals surface area contributed by atoms with Crippen molar-refractivity contribution in [1.82, 2.24) is 15.3 Å². The van der Waals surface area contributed by atoms with E-state index in [0.29, 0.717) is 23.6 Å². The van der Waals surface area contributed by atoms with Crippen LogP contribution in [0.4, 0.5) is 5.82 Å². The lowest BCUT2D eigenvalue weighted by molar-refractivity contribution is 0.0950. The number of carbonyl (C=O) groups excluding carboxylic acids is 1. The van der Waals surface area contributed by atoms with Crippen LogP contribution in [0.15, 0.2) is 47.6 Å². The van der Waals surface area contributed by atoms with Crippen molar-refractivity contribution in [2.24, 2.45) is 0 Å². The predicted octanol–water partition coefficient (Wildman–Crippen LogP) is 4.64. The summed E-state index contributed by atoms with van der Waals surface area (Å²) in [6.07, 6.45) is 2.43. The first kappa shape index (κ1) is 22.5. The minimum absolute atomic E-state index is 0.108. The first-order chi connectivity index (χ1) is 16.6. The highest BCUT2D eigenvalue weighted by molar-refractivity contribution is 7.98. The summed E-state index contributed by atoms with van der Waals surface area (Å²) in [5.41, 5.74) is 4.84. The minimum Gasteiger partial charge on any atom is -0.454 e. The molecule has 1 fully saturated rings. The summed E-state index contributed by atoms with van der Waals surface area (Å²) in [5.74, 6) is 3.10. The molecule has 0 aliphatic carbocycles. The third-order valence-electron chi connectivity index (χ3n) is 6.20. The van der Waals surface area contributed by atoms with E-state index in [2.05, 4.69) is 17.1 Å². The molecule has 176 valence electrons. The molecule has 8 heteroatoms. The Labute approximate surface area is 203 Å². The fraction of sp³-hybridized carbons (Fsp3) is 0.346. The van der Waals surface area contributed by atoms with Gasteiger partial charge in [-0.2, -0.15) is 0 Å². The molecule has 0 unspecified atom stereocenters. The van der Waals surface area contributed by atoms with Crippen molar-refractivity contribution >= 4 is 23.5 Å². The van der Waals surface area contributed by atoms with E-state index in [1.807, 2.05) is 49.4 Å². The van der Waals surface area contributed by atoms with Gasteiger partial charge in [-0.15, -0.1) is 0 Å². The van der Waals surface area contributed by atoms with Gasteiger partial charge in [-0.3, -0.25) is 4.79 Å². The lowest BCUT2D eigenvalue weighted by Gasteiger charge is -2.20. The summed E-state index contributed by atoms with van der Waals surface area (Å²) in [5, 5.41) is 3.77. The van der Waals surface area contributed by atoms with E-state index in [1.54, 1.807) is 11.8 Å². The number of amides is 1. The Morgan fingerprint density at radius 2 is 1.85 bits per heavy atom. The number of aryl methyl sites for hydroxylation is 1. The van der Waals surface area contributed by atoms with Gasteiger partial charge in [-0.1, -0.05) is 30.0 Å². The standard InChI is InChI=1S/C26H28N4O3S/c1-17-18(2)28-26(29-24(17)30-10-3-4-11-30)34-15-20-6-5-7-21(12-20)25(31)27-14-19-8-9-22-23(13-19)33-16-32-22/h5-9,12-13H,3-4,10-11,14-16H2,1-2H3,(H,27,31). The number of ether oxygens (including phenoxy) is 2. The highest BCUT2D eigenvalue weighted by Crippen LogP contribution is 2.32. The van der Waals surface area contributed by atoms with Gasteiger partial charge in [0, 0.05) is 42.2 Å². The van der Waals surface area contributed by atoms with Crippen LogP contribution in [0, 0.1) is 13.8 Å². The van der Waals surface area contributed by atoms with Crippen LogP contribution < -0.4 is 19.7 Å². The molecular weight excluding hydrogens is 448 g/mol. The number of rotatable bonds is 7. The van der Waals surface area contributed by atoms with Crippen LogP contribution in [0.3, 0.4) is 0 Å². The number of benzene rings is 2. The molecule has 0 bridgehead atoms. The topological polar surface area (TPSA) is 76.6 Å². The lowest BCUT2D eigenvalue weighted by Crippen LogP contribution is -2.22. The van der Waals surface area contributed by atoms with Gasteiger partial charge in [0.15, 0.2) is 16.7 Å². The molecule has 34 heavy (non-hydrogen) atoms. The summed E-state index contributed by atoms with van der Waals surface area (Å²) in [6.45, 7) is 6.93. The van der Waals surface area contributed by atoms with E-state index >= 15 is 0 Å². The highest BCUT2D eigenvalue weighted by Gasteiger charge is 2.19. The summed E-state index contributed by atoms with van der Waals surface area (Å²) in [6, 6.07) is 13.4. The Hall–Kier alpha value is -3.26. The fourth-order valence-electron chi connectivity index (χ4n) is 4.18. The third-order valence-corrected chi connectivity index (χ3v) is 7.11. The smallest absolute Gasteiger partial charge is 0.251 e. The third kappa shape index (κ3) is 4.97. The molecule has 2 aromatic carbocycles.